The number of nitrogens with two attached hydrogens (primary N) is 1. The maximum Gasteiger partial charge on any atom is 0.122 e. The molecule has 0 spiro atoms. The standard InChI is InChI=1S/C13H16N2OS/c1-9-15-8-13(17-9)11(14)7-10-5-3-4-6-12(10)16-2/h3-6,8,11H,7,14H2,1-2H3. The van der Waals surface area contributed by atoms with Crippen molar-refractivity contribution in [2.24, 2.45) is 5.73 Å². The lowest BCUT2D eigenvalue weighted by Gasteiger charge is -2.12. The van der Waals surface area contributed by atoms with Crippen LogP contribution >= 0.6 is 11.3 Å². The summed E-state index contributed by atoms with van der Waals surface area (Å²) >= 11 is 1.65. The van der Waals surface area contributed by atoms with Crippen LogP contribution in [0.5, 0.6) is 5.75 Å². The first kappa shape index (κ1) is 12.1. The van der Waals surface area contributed by atoms with Crippen molar-refractivity contribution in [2.45, 2.75) is 19.4 Å². The van der Waals surface area contributed by atoms with E-state index in [9.17, 15) is 0 Å². The molecule has 0 fully saturated rings. The predicted octanol–water partition coefficient (Wildman–Crippen LogP) is 2.70. The highest BCUT2D eigenvalue weighted by atomic mass is 32.1. The molecule has 0 saturated heterocycles. The second kappa shape index (κ2) is 5.29. The topological polar surface area (TPSA) is 48.1 Å². The first-order chi connectivity index (χ1) is 8.20. The summed E-state index contributed by atoms with van der Waals surface area (Å²) in [4.78, 5) is 5.35. The molecular formula is C13H16N2OS. The number of benzene rings is 1. The highest BCUT2D eigenvalue weighted by Crippen LogP contribution is 2.26. The SMILES string of the molecule is COc1ccccc1CC(N)c1cnc(C)s1. The molecule has 0 radical (unpaired) electrons. The molecule has 0 bridgehead atoms. The maximum absolute atomic E-state index is 6.18. The molecule has 90 valence electrons. The van der Waals surface area contributed by atoms with E-state index in [2.05, 4.69) is 4.98 Å². The maximum atomic E-state index is 6.18. The van der Waals surface area contributed by atoms with Crippen LogP contribution < -0.4 is 10.5 Å². The van der Waals surface area contributed by atoms with Crippen LogP contribution in [0.25, 0.3) is 0 Å². The largest absolute Gasteiger partial charge is 0.496 e. The van der Waals surface area contributed by atoms with Gasteiger partial charge in [-0.2, -0.15) is 0 Å². The zero-order chi connectivity index (χ0) is 12.3. The molecule has 17 heavy (non-hydrogen) atoms. The zero-order valence-electron chi connectivity index (χ0n) is 10.0. The summed E-state index contributed by atoms with van der Waals surface area (Å²) < 4.78 is 5.32. The van der Waals surface area contributed by atoms with Gasteiger partial charge < -0.3 is 10.5 Å². The Bertz CT molecular complexity index is 496. The Kier molecular flexibility index (Phi) is 3.76. The number of thiazole rings is 1. The van der Waals surface area contributed by atoms with Crippen molar-refractivity contribution in [1.82, 2.24) is 4.98 Å². The second-order valence-corrected chi connectivity index (χ2v) is 5.17. The summed E-state index contributed by atoms with van der Waals surface area (Å²) in [5.74, 6) is 0.893. The quantitative estimate of drug-likeness (QED) is 0.905. The van der Waals surface area contributed by atoms with Crippen LogP contribution in [0, 0.1) is 6.92 Å². The van der Waals surface area contributed by atoms with Gasteiger partial charge in [-0.25, -0.2) is 4.98 Å². The van der Waals surface area contributed by atoms with E-state index in [4.69, 9.17) is 10.5 Å². The molecule has 0 amide bonds. The summed E-state index contributed by atoms with van der Waals surface area (Å²) in [7, 11) is 1.68. The van der Waals surface area contributed by atoms with E-state index < -0.39 is 0 Å². The Balaban J connectivity index is 2.15. The summed E-state index contributed by atoms with van der Waals surface area (Å²) in [6, 6.07) is 7.96. The first-order valence-electron chi connectivity index (χ1n) is 5.50. The van der Waals surface area contributed by atoms with E-state index in [0.717, 1.165) is 27.6 Å². The number of para-hydroxylation sites is 1. The molecule has 2 N–H and O–H groups in total. The van der Waals surface area contributed by atoms with Gasteiger partial charge in [0.15, 0.2) is 0 Å². The number of ether oxygens (including phenoxy) is 1. The van der Waals surface area contributed by atoms with Crippen molar-refractivity contribution in [3.63, 3.8) is 0 Å². The van der Waals surface area contributed by atoms with Crippen molar-refractivity contribution in [2.75, 3.05) is 7.11 Å². The van der Waals surface area contributed by atoms with Gasteiger partial charge in [-0.15, -0.1) is 11.3 Å². The normalized spacial score (nSPS) is 12.4. The molecule has 0 saturated carbocycles. The Labute approximate surface area is 105 Å². The minimum Gasteiger partial charge on any atom is -0.496 e. The van der Waals surface area contributed by atoms with E-state index >= 15 is 0 Å². The molecule has 1 aromatic heterocycles. The minimum atomic E-state index is -0.0162. The lowest BCUT2D eigenvalue weighted by molar-refractivity contribution is 0.408. The van der Waals surface area contributed by atoms with Crippen LogP contribution in [0.1, 0.15) is 21.5 Å². The van der Waals surface area contributed by atoms with Gasteiger partial charge in [-0.3, -0.25) is 0 Å². The van der Waals surface area contributed by atoms with E-state index in [-0.39, 0.29) is 6.04 Å². The highest BCUT2D eigenvalue weighted by Gasteiger charge is 2.12. The van der Waals surface area contributed by atoms with Gasteiger partial charge in [0.2, 0.25) is 0 Å². The van der Waals surface area contributed by atoms with Crippen LogP contribution in [0.3, 0.4) is 0 Å². The number of methoxy groups -OCH3 is 1. The zero-order valence-corrected chi connectivity index (χ0v) is 10.8. The molecule has 0 aliphatic heterocycles. The van der Waals surface area contributed by atoms with Crippen LogP contribution in [0.4, 0.5) is 0 Å². The Morgan fingerprint density at radius 2 is 2.18 bits per heavy atom. The number of aryl methyl sites for hydroxylation is 1. The van der Waals surface area contributed by atoms with Crippen molar-refractivity contribution in [3.8, 4) is 5.75 Å². The summed E-state index contributed by atoms with van der Waals surface area (Å²) in [6.45, 7) is 1.99. The molecule has 0 aliphatic carbocycles. The predicted molar refractivity (Wildman–Crippen MR) is 70.5 cm³/mol. The number of nitrogens with zero attached hydrogens (tertiary/aromatic N) is 1. The second-order valence-electron chi connectivity index (χ2n) is 3.90. The third kappa shape index (κ3) is 2.84. The van der Waals surface area contributed by atoms with Crippen molar-refractivity contribution in [3.05, 3.63) is 45.9 Å². The van der Waals surface area contributed by atoms with E-state index in [1.165, 1.54) is 0 Å². The van der Waals surface area contributed by atoms with Gasteiger partial charge in [0.25, 0.3) is 0 Å². The summed E-state index contributed by atoms with van der Waals surface area (Å²) in [5.41, 5.74) is 7.31. The smallest absolute Gasteiger partial charge is 0.122 e. The van der Waals surface area contributed by atoms with Crippen LogP contribution in [-0.4, -0.2) is 12.1 Å². The molecular weight excluding hydrogens is 232 g/mol. The molecule has 1 unspecified atom stereocenters. The van der Waals surface area contributed by atoms with Crippen LogP contribution in [-0.2, 0) is 6.42 Å². The monoisotopic (exact) mass is 248 g/mol. The van der Waals surface area contributed by atoms with Crippen molar-refractivity contribution < 1.29 is 4.74 Å². The molecule has 3 nitrogen and oxygen atoms in total. The fraction of sp³-hybridized carbons (Fsp3) is 0.308. The van der Waals surface area contributed by atoms with E-state index in [1.54, 1.807) is 18.4 Å². The summed E-state index contributed by atoms with van der Waals surface area (Å²) in [6.07, 6.45) is 2.63. The average Bonchev–Trinajstić information content (AvgIpc) is 2.77. The average molecular weight is 248 g/mol. The molecule has 1 aromatic carbocycles. The minimum absolute atomic E-state index is 0.0162. The number of hydrogen-bond acceptors (Lipinski definition) is 4. The molecule has 2 rings (SSSR count). The van der Waals surface area contributed by atoms with Gasteiger partial charge >= 0.3 is 0 Å². The van der Waals surface area contributed by atoms with Gasteiger partial charge in [0.1, 0.15) is 5.75 Å². The van der Waals surface area contributed by atoms with Gasteiger partial charge in [0, 0.05) is 17.1 Å². The van der Waals surface area contributed by atoms with Gasteiger partial charge in [-0.05, 0) is 25.0 Å². The molecule has 4 heteroatoms. The lowest BCUT2D eigenvalue weighted by Crippen LogP contribution is -2.12. The van der Waals surface area contributed by atoms with Crippen molar-refractivity contribution in [1.29, 1.82) is 0 Å². The number of hydrogen-bond donors (Lipinski definition) is 1. The number of aromatic nitrogens is 1. The van der Waals surface area contributed by atoms with E-state index in [0.29, 0.717) is 0 Å². The molecule has 1 heterocycles. The Hall–Kier alpha value is -1.39. The fourth-order valence-electron chi connectivity index (χ4n) is 1.76. The lowest BCUT2D eigenvalue weighted by atomic mass is 10.0. The van der Waals surface area contributed by atoms with Gasteiger partial charge in [0.05, 0.1) is 12.1 Å². The first-order valence-corrected chi connectivity index (χ1v) is 6.32. The Morgan fingerprint density at radius 1 is 1.41 bits per heavy atom. The van der Waals surface area contributed by atoms with Crippen LogP contribution in [0.15, 0.2) is 30.5 Å². The fourth-order valence-corrected chi connectivity index (χ4v) is 2.54. The third-order valence-corrected chi connectivity index (χ3v) is 3.68. The molecule has 1 atom stereocenters. The molecule has 0 aliphatic rings. The van der Waals surface area contributed by atoms with Gasteiger partial charge in [-0.1, -0.05) is 18.2 Å². The van der Waals surface area contributed by atoms with Crippen LogP contribution in [0.2, 0.25) is 0 Å². The van der Waals surface area contributed by atoms with Crippen molar-refractivity contribution >= 4 is 11.3 Å². The third-order valence-electron chi connectivity index (χ3n) is 2.64. The molecule has 2 aromatic rings. The Morgan fingerprint density at radius 3 is 2.82 bits per heavy atom. The summed E-state index contributed by atoms with van der Waals surface area (Å²) in [5, 5.41) is 1.05. The highest BCUT2D eigenvalue weighted by molar-refractivity contribution is 7.11. The number of rotatable bonds is 4. The van der Waals surface area contributed by atoms with E-state index in [1.807, 2.05) is 37.4 Å².